The number of carbonyl (C=O) groups is 2. The molecule has 0 aliphatic rings. The fraction of sp³-hybridized carbons (Fsp3) is 0.444. The first-order valence-electron chi connectivity index (χ1n) is 7.79. The third-order valence-electron chi connectivity index (χ3n) is 3.17. The minimum absolute atomic E-state index is 0.0652. The normalized spacial score (nSPS) is 11.8. The van der Waals surface area contributed by atoms with E-state index >= 15 is 0 Å². The van der Waals surface area contributed by atoms with Gasteiger partial charge in [0.1, 0.15) is 0 Å². The highest BCUT2D eigenvalue weighted by Crippen LogP contribution is 2.33. The van der Waals surface area contributed by atoms with E-state index in [1.807, 2.05) is 13.8 Å². The van der Waals surface area contributed by atoms with E-state index in [0.717, 1.165) is 12.1 Å². The van der Waals surface area contributed by atoms with Crippen LogP contribution in [0.2, 0.25) is 0 Å². The standard InChI is InChI=1S/C16H17F3O3.C2H6/c1-4-12(15(21)22-5-2)14(9-20)13-8-11(16(17,18)19)7-6-10(13)3;1-2/h6-9H,4-5H2,1-3H3;1-2H3/b14-12+;. The van der Waals surface area contributed by atoms with Crippen molar-refractivity contribution in [3.05, 3.63) is 40.5 Å². The monoisotopic (exact) mass is 344 g/mol. The highest BCUT2D eigenvalue weighted by Gasteiger charge is 2.31. The number of rotatable bonds is 5. The van der Waals surface area contributed by atoms with E-state index in [-0.39, 0.29) is 29.7 Å². The maximum Gasteiger partial charge on any atom is 0.416 e. The summed E-state index contributed by atoms with van der Waals surface area (Å²) in [5.74, 6) is -0.691. The van der Waals surface area contributed by atoms with E-state index in [4.69, 9.17) is 4.74 Å². The molecule has 3 nitrogen and oxygen atoms in total. The average Bonchev–Trinajstić information content (AvgIpc) is 2.54. The van der Waals surface area contributed by atoms with Crippen molar-refractivity contribution in [1.82, 2.24) is 0 Å². The van der Waals surface area contributed by atoms with E-state index in [0.29, 0.717) is 11.8 Å². The van der Waals surface area contributed by atoms with Gasteiger partial charge in [0.15, 0.2) is 6.29 Å². The Bertz CT molecular complexity index is 602. The van der Waals surface area contributed by atoms with Crippen LogP contribution in [0, 0.1) is 6.92 Å². The van der Waals surface area contributed by atoms with Gasteiger partial charge < -0.3 is 4.74 Å². The molecule has 0 saturated carbocycles. The zero-order valence-corrected chi connectivity index (χ0v) is 14.6. The number of hydrogen-bond acceptors (Lipinski definition) is 3. The molecule has 1 aromatic carbocycles. The molecule has 0 spiro atoms. The zero-order valence-electron chi connectivity index (χ0n) is 14.6. The summed E-state index contributed by atoms with van der Waals surface area (Å²) in [7, 11) is 0. The molecule has 0 bridgehead atoms. The van der Waals surface area contributed by atoms with Crippen LogP contribution in [0.4, 0.5) is 13.2 Å². The van der Waals surface area contributed by atoms with Gasteiger partial charge >= 0.3 is 12.1 Å². The number of allylic oxidation sites excluding steroid dienone is 1. The Morgan fingerprint density at radius 2 is 1.79 bits per heavy atom. The van der Waals surface area contributed by atoms with Crippen molar-refractivity contribution in [1.29, 1.82) is 0 Å². The Balaban J connectivity index is 0.00000254. The quantitative estimate of drug-likeness (QED) is 0.430. The smallest absolute Gasteiger partial charge is 0.416 e. The zero-order chi connectivity index (χ0) is 18.9. The highest BCUT2D eigenvalue weighted by molar-refractivity contribution is 6.16. The predicted molar refractivity (Wildman–Crippen MR) is 87.4 cm³/mol. The van der Waals surface area contributed by atoms with E-state index in [9.17, 15) is 22.8 Å². The molecular weight excluding hydrogens is 321 g/mol. The second-order valence-electron chi connectivity index (χ2n) is 4.61. The maximum absolute atomic E-state index is 12.8. The van der Waals surface area contributed by atoms with Crippen LogP contribution in [0.5, 0.6) is 0 Å². The molecule has 0 atom stereocenters. The van der Waals surface area contributed by atoms with E-state index in [1.165, 1.54) is 6.07 Å². The predicted octanol–water partition coefficient (Wildman–Crippen LogP) is 4.97. The fourth-order valence-corrected chi connectivity index (χ4v) is 2.05. The van der Waals surface area contributed by atoms with Gasteiger partial charge in [0.25, 0.3) is 0 Å². The number of halogens is 3. The first-order chi connectivity index (χ1) is 11.3. The molecule has 6 heteroatoms. The van der Waals surface area contributed by atoms with Crippen molar-refractivity contribution in [3.63, 3.8) is 0 Å². The van der Waals surface area contributed by atoms with Gasteiger partial charge in [0, 0.05) is 11.1 Å². The molecule has 1 rings (SSSR count). The topological polar surface area (TPSA) is 43.4 Å². The van der Waals surface area contributed by atoms with Crippen LogP contribution in [0.25, 0.3) is 5.57 Å². The summed E-state index contributed by atoms with van der Waals surface area (Å²) in [6, 6.07) is 3.10. The van der Waals surface area contributed by atoms with Crippen molar-refractivity contribution in [2.75, 3.05) is 6.61 Å². The number of benzene rings is 1. The Kier molecular flexibility index (Phi) is 9.03. The van der Waals surface area contributed by atoms with Gasteiger partial charge in [-0.2, -0.15) is 13.2 Å². The molecular formula is C18H23F3O3. The van der Waals surface area contributed by atoms with Gasteiger partial charge in [-0.1, -0.05) is 26.8 Å². The van der Waals surface area contributed by atoms with Gasteiger partial charge in [-0.25, -0.2) is 4.79 Å². The number of aryl methyl sites for hydroxylation is 1. The SMILES string of the molecule is CC.CCOC(=O)/C(CC)=C(\C=O)c1cc(C(F)(F)F)ccc1C. The minimum atomic E-state index is -4.52. The fourth-order valence-electron chi connectivity index (χ4n) is 2.05. The molecule has 0 aromatic heterocycles. The van der Waals surface area contributed by atoms with Crippen LogP contribution >= 0.6 is 0 Å². The van der Waals surface area contributed by atoms with E-state index < -0.39 is 17.7 Å². The summed E-state index contributed by atoms with van der Waals surface area (Å²) < 4.78 is 43.4. The molecule has 0 unspecified atom stereocenters. The Labute approximate surface area is 140 Å². The van der Waals surface area contributed by atoms with Crippen molar-refractivity contribution in [2.45, 2.75) is 47.2 Å². The van der Waals surface area contributed by atoms with Crippen molar-refractivity contribution in [2.24, 2.45) is 0 Å². The summed E-state index contributed by atoms with van der Waals surface area (Å²) in [6.07, 6.45) is -3.94. The molecule has 0 N–H and O–H groups in total. The lowest BCUT2D eigenvalue weighted by Crippen LogP contribution is -2.12. The molecule has 0 fully saturated rings. The third-order valence-corrected chi connectivity index (χ3v) is 3.17. The molecule has 24 heavy (non-hydrogen) atoms. The van der Waals surface area contributed by atoms with Crippen molar-refractivity contribution >= 4 is 17.8 Å². The van der Waals surface area contributed by atoms with Crippen LogP contribution in [0.15, 0.2) is 23.8 Å². The van der Waals surface area contributed by atoms with Crippen LogP contribution in [-0.2, 0) is 20.5 Å². The van der Waals surface area contributed by atoms with Crippen LogP contribution in [0.3, 0.4) is 0 Å². The molecule has 0 amide bonds. The number of alkyl halides is 3. The van der Waals surface area contributed by atoms with Crippen molar-refractivity contribution in [3.8, 4) is 0 Å². The minimum Gasteiger partial charge on any atom is -0.463 e. The first kappa shape index (κ1) is 21.9. The van der Waals surface area contributed by atoms with Gasteiger partial charge in [-0.3, -0.25) is 4.79 Å². The molecule has 0 aliphatic heterocycles. The summed E-state index contributed by atoms with van der Waals surface area (Å²) in [5.41, 5.74) is -0.296. The molecule has 0 saturated heterocycles. The molecule has 134 valence electrons. The molecule has 0 radical (unpaired) electrons. The number of esters is 1. The van der Waals surface area contributed by atoms with Crippen LogP contribution in [0.1, 0.15) is 50.8 Å². The van der Waals surface area contributed by atoms with Gasteiger partial charge in [-0.05, 0) is 43.5 Å². The Morgan fingerprint density at radius 1 is 1.21 bits per heavy atom. The number of carbonyl (C=O) groups excluding carboxylic acids is 2. The lowest BCUT2D eigenvalue weighted by atomic mass is 9.94. The molecule has 1 aromatic rings. The lowest BCUT2D eigenvalue weighted by Gasteiger charge is -2.14. The maximum atomic E-state index is 12.8. The van der Waals surface area contributed by atoms with Crippen LogP contribution in [-0.4, -0.2) is 18.9 Å². The largest absolute Gasteiger partial charge is 0.463 e. The summed E-state index contributed by atoms with van der Waals surface area (Å²) in [4.78, 5) is 23.3. The number of ether oxygens (including phenoxy) is 1. The third kappa shape index (κ3) is 5.51. The summed E-state index contributed by atoms with van der Waals surface area (Å²) in [6.45, 7) is 8.95. The summed E-state index contributed by atoms with van der Waals surface area (Å²) in [5, 5.41) is 0. The number of aldehydes is 1. The van der Waals surface area contributed by atoms with E-state index in [2.05, 4.69) is 0 Å². The van der Waals surface area contributed by atoms with Crippen LogP contribution < -0.4 is 0 Å². The highest BCUT2D eigenvalue weighted by atomic mass is 19.4. The summed E-state index contributed by atoms with van der Waals surface area (Å²) >= 11 is 0. The molecule has 0 aliphatic carbocycles. The van der Waals surface area contributed by atoms with Gasteiger partial charge in [0.05, 0.1) is 12.2 Å². The molecule has 0 heterocycles. The lowest BCUT2D eigenvalue weighted by molar-refractivity contribution is -0.139. The van der Waals surface area contributed by atoms with E-state index in [1.54, 1.807) is 20.8 Å². The first-order valence-corrected chi connectivity index (χ1v) is 7.79. The average molecular weight is 344 g/mol. The number of hydrogen-bond donors (Lipinski definition) is 0. The van der Waals surface area contributed by atoms with Gasteiger partial charge in [-0.15, -0.1) is 0 Å². The Hall–Kier alpha value is -2.11. The van der Waals surface area contributed by atoms with Gasteiger partial charge in [0.2, 0.25) is 0 Å². The second-order valence-corrected chi connectivity index (χ2v) is 4.61. The van der Waals surface area contributed by atoms with Crippen molar-refractivity contribution < 1.29 is 27.5 Å². The second kappa shape index (κ2) is 9.90. The Morgan fingerprint density at radius 3 is 2.21 bits per heavy atom.